The predicted molar refractivity (Wildman–Crippen MR) is 85.5 cm³/mol. The van der Waals surface area contributed by atoms with E-state index in [-0.39, 0.29) is 23.6 Å². The maximum Gasteiger partial charge on any atom is 0.331 e. The molecule has 116 valence electrons. The highest BCUT2D eigenvalue weighted by molar-refractivity contribution is 7.17. The minimum Gasteiger partial charge on any atom is -0.454 e. The third-order valence-electron chi connectivity index (χ3n) is 3.02. The largest absolute Gasteiger partial charge is 0.454 e. The number of carbonyl (C=O) groups is 1. The summed E-state index contributed by atoms with van der Waals surface area (Å²) in [4.78, 5) is 30.2. The van der Waals surface area contributed by atoms with Gasteiger partial charge >= 0.3 is 5.97 Å². The van der Waals surface area contributed by atoms with E-state index in [1.54, 1.807) is 29.6 Å². The molecule has 2 aromatic heterocycles. The average molecular weight is 330 g/mol. The van der Waals surface area contributed by atoms with Crippen molar-refractivity contribution in [2.24, 2.45) is 0 Å². The Morgan fingerprint density at radius 1 is 1.35 bits per heavy atom. The highest BCUT2D eigenvalue weighted by atomic mass is 32.1. The Morgan fingerprint density at radius 3 is 3.00 bits per heavy atom. The summed E-state index contributed by atoms with van der Waals surface area (Å²) in [5.41, 5.74) is 0.584. The summed E-state index contributed by atoms with van der Waals surface area (Å²) >= 11 is 1.29. The first-order valence-electron chi connectivity index (χ1n) is 6.69. The SMILES string of the molecule is O=C(/C=C/c1ccccc1F)OCc1nc2ccsc2c(=O)[nH]1. The van der Waals surface area contributed by atoms with E-state index in [2.05, 4.69) is 9.97 Å². The van der Waals surface area contributed by atoms with Gasteiger partial charge in [0.2, 0.25) is 0 Å². The number of nitrogens with zero attached hydrogens (tertiary/aromatic N) is 1. The van der Waals surface area contributed by atoms with Gasteiger partial charge in [-0.3, -0.25) is 4.79 Å². The Kier molecular flexibility index (Phi) is 4.29. The monoisotopic (exact) mass is 330 g/mol. The number of benzene rings is 1. The number of carbonyl (C=O) groups excluding carboxylic acids is 1. The number of thiophene rings is 1. The standard InChI is InChI=1S/C16H11FN2O3S/c17-11-4-2-1-3-10(11)5-6-14(20)22-9-13-18-12-7-8-23-15(12)16(21)19-13/h1-8H,9H2,(H,18,19,21)/b6-5+. The molecule has 1 N–H and O–H groups in total. The van der Waals surface area contributed by atoms with Gasteiger partial charge in [-0.15, -0.1) is 11.3 Å². The van der Waals surface area contributed by atoms with E-state index >= 15 is 0 Å². The van der Waals surface area contributed by atoms with Crippen LogP contribution in [0, 0.1) is 5.82 Å². The van der Waals surface area contributed by atoms with Gasteiger partial charge < -0.3 is 9.72 Å². The summed E-state index contributed by atoms with van der Waals surface area (Å²) in [6.45, 7) is -0.165. The molecule has 1 aromatic carbocycles. The van der Waals surface area contributed by atoms with Crippen LogP contribution < -0.4 is 5.56 Å². The summed E-state index contributed by atoms with van der Waals surface area (Å²) in [5.74, 6) is -0.819. The minimum atomic E-state index is -0.652. The summed E-state index contributed by atoms with van der Waals surface area (Å²) in [7, 11) is 0. The maximum absolute atomic E-state index is 13.4. The van der Waals surface area contributed by atoms with E-state index in [9.17, 15) is 14.0 Å². The van der Waals surface area contributed by atoms with Crippen molar-refractivity contribution in [1.82, 2.24) is 9.97 Å². The van der Waals surface area contributed by atoms with Crippen molar-refractivity contribution >= 4 is 33.6 Å². The lowest BCUT2D eigenvalue weighted by molar-refractivity contribution is -0.139. The van der Waals surface area contributed by atoms with E-state index < -0.39 is 11.8 Å². The first kappa shape index (κ1) is 15.1. The number of hydrogen-bond acceptors (Lipinski definition) is 5. The number of fused-ring (bicyclic) bond motifs is 1. The first-order valence-corrected chi connectivity index (χ1v) is 7.57. The molecule has 0 saturated heterocycles. The van der Waals surface area contributed by atoms with E-state index in [0.29, 0.717) is 10.2 Å². The molecule has 5 nitrogen and oxygen atoms in total. The van der Waals surface area contributed by atoms with Crippen LogP contribution in [-0.4, -0.2) is 15.9 Å². The number of ether oxygens (including phenoxy) is 1. The molecule has 3 rings (SSSR count). The quantitative estimate of drug-likeness (QED) is 0.590. The second-order valence-corrected chi connectivity index (χ2v) is 5.53. The number of hydrogen-bond donors (Lipinski definition) is 1. The Hall–Kier alpha value is -2.80. The number of rotatable bonds is 4. The summed E-state index contributed by atoms with van der Waals surface area (Å²) in [5, 5.41) is 1.76. The van der Waals surface area contributed by atoms with E-state index in [0.717, 1.165) is 6.08 Å². The lowest BCUT2D eigenvalue weighted by atomic mass is 10.2. The molecule has 0 unspecified atom stereocenters. The number of aromatic amines is 1. The van der Waals surface area contributed by atoms with Crippen LogP contribution in [0.5, 0.6) is 0 Å². The fourth-order valence-electron chi connectivity index (χ4n) is 1.95. The van der Waals surface area contributed by atoms with Gasteiger partial charge in [0.1, 0.15) is 22.9 Å². The molecule has 7 heteroatoms. The van der Waals surface area contributed by atoms with Gasteiger partial charge in [-0.25, -0.2) is 14.2 Å². The molecular formula is C16H11FN2O3S. The smallest absolute Gasteiger partial charge is 0.331 e. The molecule has 0 radical (unpaired) electrons. The van der Waals surface area contributed by atoms with Crippen molar-refractivity contribution < 1.29 is 13.9 Å². The normalized spacial score (nSPS) is 11.2. The Labute approximate surface area is 134 Å². The topological polar surface area (TPSA) is 72.0 Å². The number of halogens is 1. The molecule has 0 atom stereocenters. The molecule has 0 saturated carbocycles. The van der Waals surface area contributed by atoms with Gasteiger partial charge in [0.25, 0.3) is 5.56 Å². The highest BCUT2D eigenvalue weighted by Gasteiger charge is 2.07. The number of H-pyrrole nitrogens is 1. The van der Waals surface area contributed by atoms with Gasteiger partial charge in [-0.05, 0) is 23.6 Å². The zero-order chi connectivity index (χ0) is 16.2. The minimum absolute atomic E-state index is 0.165. The molecule has 3 aromatic rings. The molecule has 23 heavy (non-hydrogen) atoms. The molecule has 0 aliphatic rings. The van der Waals surface area contributed by atoms with Crippen molar-refractivity contribution in [1.29, 1.82) is 0 Å². The molecule has 2 heterocycles. The fraction of sp³-hybridized carbons (Fsp3) is 0.0625. The average Bonchev–Trinajstić information content (AvgIpc) is 3.01. The van der Waals surface area contributed by atoms with Crippen LogP contribution in [0.15, 0.2) is 46.6 Å². The molecule has 0 spiro atoms. The van der Waals surface area contributed by atoms with Crippen LogP contribution in [0.1, 0.15) is 11.4 Å². The van der Waals surface area contributed by atoms with Crippen LogP contribution in [0.2, 0.25) is 0 Å². The van der Waals surface area contributed by atoms with E-state index in [1.165, 1.54) is 23.5 Å². The van der Waals surface area contributed by atoms with Crippen LogP contribution >= 0.6 is 11.3 Å². The molecular weight excluding hydrogens is 319 g/mol. The van der Waals surface area contributed by atoms with Crippen molar-refractivity contribution in [3.05, 3.63) is 69.3 Å². The lowest BCUT2D eigenvalue weighted by Crippen LogP contribution is -2.12. The molecule has 0 fully saturated rings. The van der Waals surface area contributed by atoms with Crippen molar-refractivity contribution in [3.8, 4) is 0 Å². The third kappa shape index (κ3) is 3.51. The Balaban J connectivity index is 1.66. The molecule has 0 amide bonds. The fourth-order valence-corrected chi connectivity index (χ4v) is 2.67. The zero-order valence-corrected chi connectivity index (χ0v) is 12.6. The maximum atomic E-state index is 13.4. The van der Waals surface area contributed by atoms with E-state index in [1.807, 2.05) is 0 Å². The number of aromatic nitrogens is 2. The molecule has 0 bridgehead atoms. The van der Waals surface area contributed by atoms with Crippen LogP contribution in [-0.2, 0) is 16.1 Å². The second kappa shape index (κ2) is 6.53. The zero-order valence-electron chi connectivity index (χ0n) is 11.8. The van der Waals surface area contributed by atoms with Crippen LogP contribution in [0.4, 0.5) is 4.39 Å². The highest BCUT2D eigenvalue weighted by Crippen LogP contribution is 2.14. The lowest BCUT2D eigenvalue weighted by Gasteiger charge is -2.02. The number of nitrogens with one attached hydrogen (secondary N) is 1. The van der Waals surface area contributed by atoms with Crippen molar-refractivity contribution in [2.75, 3.05) is 0 Å². The molecule has 0 aliphatic carbocycles. The van der Waals surface area contributed by atoms with Gasteiger partial charge in [0, 0.05) is 11.6 Å². The van der Waals surface area contributed by atoms with Gasteiger partial charge in [-0.1, -0.05) is 18.2 Å². The predicted octanol–water partition coefficient (Wildman–Crippen LogP) is 2.88. The third-order valence-corrected chi connectivity index (χ3v) is 3.92. The summed E-state index contributed by atoms with van der Waals surface area (Å²) in [6.07, 6.45) is 2.45. The first-order chi connectivity index (χ1) is 11.1. The molecule has 0 aliphatic heterocycles. The van der Waals surface area contributed by atoms with Crippen LogP contribution in [0.3, 0.4) is 0 Å². The second-order valence-electron chi connectivity index (χ2n) is 4.61. The number of esters is 1. The van der Waals surface area contributed by atoms with E-state index in [4.69, 9.17) is 4.74 Å². The van der Waals surface area contributed by atoms with Gasteiger partial charge in [-0.2, -0.15) is 0 Å². The summed E-state index contributed by atoms with van der Waals surface area (Å²) < 4.78 is 18.9. The van der Waals surface area contributed by atoms with Crippen molar-refractivity contribution in [3.63, 3.8) is 0 Å². The van der Waals surface area contributed by atoms with Gasteiger partial charge in [0.05, 0.1) is 5.52 Å². The Morgan fingerprint density at radius 2 is 2.17 bits per heavy atom. The Bertz CT molecular complexity index is 946. The van der Waals surface area contributed by atoms with Crippen LogP contribution in [0.25, 0.3) is 16.3 Å². The van der Waals surface area contributed by atoms with Gasteiger partial charge in [0.15, 0.2) is 0 Å². The van der Waals surface area contributed by atoms with Crippen molar-refractivity contribution in [2.45, 2.75) is 6.61 Å². The summed E-state index contributed by atoms with van der Waals surface area (Å²) in [6, 6.07) is 7.80.